The van der Waals surface area contributed by atoms with Gasteiger partial charge in [0.2, 0.25) is 0 Å². The van der Waals surface area contributed by atoms with Gasteiger partial charge in [0.05, 0.1) is 13.1 Å². The van der Waals surface area contributed by atoms with E-state index in [2.05, 4.69) is 5.32 Å². The van der Waals surface area contributed by atoms with Gasteiger partial charge >= 0.3 is 19.1 Å². The zero-order chi connectivity index (χ0) is 21.5. The van der Waals surface area contributed by atoms with E-state index in [1.807, 2.05) is 0 Å². The lowest BCUT2D eigenvalue weighted by molar-refractivity contribution is -0.132. The maximum Gasteiger partial charge on any atom is 0.476 e. The second kappa shape index (κ2) is 7.54. The van der Waals surface area contributed by atoms with E-state index in [4.69, 9.17) is 10.5 Å². The first-order chi connectivity index (χ1) is 13.6. The molecule has 3 rings (SSSR count). The molecule has 29 heavy (non-hydrogen) atoms. The molecule has 7 N–H and O–H groups in total. The molecule has 3 atom stereocenters. The third-order valence-electron chi connectivity index (χ3n) is 5.51. The Hall–Kier alpha value is -2.83. The van der Waals surface area contributed by atoms with Crippen LogP contribution in [0.4, 0.5) is 4.79 Å². The Morgan fingerprint density at radius 3 is 2.66 bits per heavy atom. The molecule has 1 saturated carbocycles. The van der Waals surface area contributed by atoms with Gasteiger partial charge in [-0.05, 0) is 37.3 Å². The number of nitrogens with zero attached hydrogens (tertiary/aromatic N) is 1. The van der Waals surface area contributed by atoms with E-state index in [9.17, 15) is 34.6 Å². The minimum Gasteiger partial charge on any atom is -0.507 e. The van der Waals surface area contributed by atoms with Gasteiger partial charge in [-0.25, -0.2) is 9.59 Å². The summed E-state index contributed by atoms with van der Waals surface area (Å²) in [5, 5.41) is 42.0. The molecule has 1 aliphatic heterocycles. The average molecular weight is 407 g/mol. The van der Waals surface area contributed by atoms with Gasteiger partial charge < -0.3 is 36.0 Å². The monoisotopic (exact) mass is 407 g/mol. The predicted molar refractivity (Wildman–Crippen MR) is 99.2 cm³/mol. The first kappa shape index (κ1) is 20.9. The lowest BCUT2D eigenvalue weighted by Crippen LogP contribution is -2.52. The SMILES string of the molecule is COc1ccc(C[C@@H](B(O)O)N2C(=O)NC3(CCC(N)C3)C2=O)c(O)c1C(=O)O. The van der Waals surface area contributed by atoms with E-state index < -0.39 is 47.8 Å². The molecule has 1 spiro atoms. The number of amides is 3. The second-order valence-electron chi connectivity index (χ2n) is 7.33. The molecule has 1 saturated heterocycles. The number of hydrogen-bond acceptors (Lipinski definition) is 8. The van der Waals surface area contributed by atoms with Gasteiger partial charge in [-0.15, -0.1) is 0 Å². The fourth-order valence-corrected chi connectivity index (χ4v) is 4.05. The largest absolute Gasteiger partial charge is 0.507 e. The molecular formula is C17H22BN3O8. The fraction of sp³-hybridized carbons (Fsp3) is 0.471. The zero-order valence-corrected chi connectivity index (χ0v) is 15.7. The fourth-order valence-electron chi connectivity index (χ4n) is 4.05. The minimum atomic E-state index is -2.12. The molecule has 2 fully saturated rings. The Kier molecular flexibility index (Phi) is 5.43. The maximum atomic E-state index is 13.0. The van der Waals surface area contributed by atoms with Crippen molar-refractivity contribution < 1.29 is 39.4 Å². The second-order valence-corrected chi connectivity index (χ2v) is 7.33. The van der Waals surface area contributed by atoms with E-state index in [1.165, 1.54) is 19.2 Å². The number of methoxy groups -OCH3 is 1. The summed E-state index contributed by atoms with van der Waals surface area (Å²) in [5.74, 6) is -4.25. The standard InChI is InChI=1S/C17H22BN3O8/c1-29-10-3-2-8(13(22)12(10)14(23)24)6-11(18(27)28)21-15(25)17(20-16(21)26)5-4-9(19)7-17/h2-3,9,11,22,27-28H,4-7,19H2,1H3,(H,20,26)(H,23,24)/t9?,11-,17?/m0/s1. The molecule has 1 heterocycles. The summed E-state index contributed by atoms with van der Waals surface area (Å²) in [4.78, 5) is 37.6. The highest BCUT2D eigenvalue weighted by Crippen LogP contribution is 2.37. The van der Waals surface area contributed by atoms with E-state index in [0.717, 1.165) is 0 Å². The number of aromatic carboxylic acids is 1. The summed E-state index contributed by atoms with van der Waals surface area (Å²) in [6.45, 7) is 0. The molecular weight excluding hydrogens is 385 g/mol. The summed E-state index contributed by atoms with van der Waals surface area (Å²) >= 11 is 0. The molecule has 0 radical (unpaired) electrons. The van der Waals surface area contributed by atoms with E-state index >= 15 is 0 Å². The summed E-state index contributed by atoms with van der Waals surface area (Å²) in [7, 11) is -0.884. The summed E-state index contributed by atoms with van der Waals surface area (Å²) < 4.78 is 4.92. The van der Waals surface area contributed by atoms with Crippen LogP contribution in [0, 0.1) is 0 Å². The van der Waals surface area contributed by atoms with Crippen LogP contribution in [0.25, 0.3) is 0 Å². The van der Waals surface area contributed by atoms with Crippen molar-refractivity contribution in [3.8, 4) is 11.5 Å². The van der Waals surface area contributed by atoms with Crippen LogP contribution in [0.15, 0.2) is 12.1 Å². The van der Waals surface area contributed by atoms with Crippen molar-refractivity contribution in [2.75, 3.05) is 7.11 Å². The molecule has 156 valence electrons. The van der Waals surface area contributed by atoms with Gasteiger partial charge in [0.15, 0.2) is 0 Å². The lowest BCUT2D eigenvalue weighted by atomic mass is 9.74. The number of carboxylic acid groups (broad SMARTS) is 1. The first-order valence-electron chi connectivity index (χ1n) is 9.01. The van der Waals surface area contributed by atoms with E-state index in [0.29, 0.717) is 17.7 Å². The van der Waals surface area contributed by atoms with Crippen LogP contribution in [-0.2, 0) is 11.2 Å². The molecule has 2 unspecified atom stereocenters. The Bertz CT molecular complexity index is 863. The number of carboxylic acids is 1. The lowest BCUT2D eigenvalue weighted by Gasteiger charge is -2.27. The topological polar surface area (TPSA) is 183 Å². The molecule has 2 aliphatic rings. The van der Waals surface area contributed by atoms with Crippen molar-refractivity contribution in [1.29, 1.82) is 0 Å². The van der Waals surface area contributed by atoms with Gasteiger partial charge in [0.1, 0.15) is 22.6 Å². The number of carbonyl (C=O) groups is 3. The third kappa shape index (κ3) is 3.50. The highest BCUT2D eigenvalue weighted by Gasteiger charge is 2.57. The molecule has 0 bridgehead atoms. The number of nitrogens with one attached hydrogen (secondary N) is 1. The zero-order valence-electron chi connectivity index (χ0n) is 15.7. The Balaban J connectivity index is 1.94. The highest BCUT2D eigenvalue weighted by molar-refractivity contribution is 6.44. The number of rotatable bonds is 6. The van der Waals surface area contributed by atoms with Crippen LogP contribution >= 0.6 is 0 Å². The van der Waals surface area contributed by atoms with Gasteiger partial charge in [-0.3, -0.25) is 9.69 Å². The van der Waals surface area contributed by atoms with Crippen LogP contribution in [0.2, 0.25) is 0 Å². The molecule has 1 aliphatic carbocycles. The van der Waals surface area contributed by atoms with Crippen molar-refractivity contribution in [2.24, 2.45) is 5.73 Å². The van der Waals surface area contributed by atoms with Crippen molar-refractivity contribution >= 4 is 25.0 Å². The van der Waals surface area contributed by atoms with Gasteiger partial charge in [-0.1, -0.05) is 6.07 Å². The van der Waals surface area contributed by atoms with Crippen LogP contribution in [0.5, 0.6) is 11.5 Å². The number of ether oxygens (including phenoxy) is 1. The van der Waals surface area contributed by atoms with Crippen molar-refractivity contribution in [3.05, 3.63) is 23.3 Å². The number of urea groups is 1. The molecule has 3 amide bonds. The van der Waals surface area contributed by atoms with E-state index in [-0.39, 0.29) is 30.2 Å². The van der Waals surface area contributed by atoms with Crippen molar-refractivity contribution in [3.63, 3.8) is 0 Å². The molecule has 0 aromatic heterocycles. The number of aromatic hydroxyl groups is 1. The Labute approximate surface area is 166 Å². The van der Waals surface area contributed by atoms with Crippen molar-refractivity contribution in [2.45, 2.75) is 43.2 Å². The molecule has 1 aromatic carbocycles. The number of benzene rings is 1. The maximum absolute atomic E-state index is 13.0. The average Bonchev–Trinajstić information content (AvgIpc) is 3.13. The van der Waals surface area contributed by atoms with Crippen LogP contribution < -0.4 is 15.8 Å². The number of imide groups is 1. The number of nitrogens with two attached hydrogens (primary N) is 1. The van der Waals surface area contributed by atoms with Crippen LogP contribution in [-0.4, -0.2) is 74.8 Å². The van der Waals surface area contributed by atoms with Gasteiger partial charge in [0.25, 0.3) is 5.91 Å². The number of hydrogen-bond donors (Lipinski definition) is 6. The minimum absolute atomic E-state index is 0.00553. The predicted octanol–water partition coefficient (Wildman–Crippen LogP) is -1.18. The summed E-state index contributed by atoms with van der Waals surface area (Å²) in [5.41, 5.74) is 4.19. The highest BCUT2D eigenvalue weighted by atomic mass is 16.5. The smallest absolute Gasteiger partial charge is 0.476 e. The molecule has 1 aromatic rings. The number of phenols is 1. The van der Waals surface area contributed by atoms with Crippen LogP contribution in [0.3, 0.4) is 0 Å². The Morgan fingerprint density at radius 2 is 2.14 bits per heavy atom. The van der Waals surface area contributed by atoms with Gasteiger partial charge in [0, 0.05) is 6.04 Å². The molecule has 11 nitrogen and oxygen atoms in total. The van der Waals surface area contributed by atoms with Crippen LogP contribution in [0.1, 0.15) is 35.2 Å². The third-order valence-corrected chi connectivity index (χ3v) is 5.51. The number of carbonyl (C=O) groups excluding carboxylic acids is 2. The Morgan fingerprint density at radius 1 is 1.45 bits per heavy atom. The normalized spacial score (nSPS) is 24.7. The van der Waals surface area contributed by atoms with Crippen molar-refractivity contribution in [1.82, 2.24) is 10.2 Å². The van der Waals surface area contributed by atoms with Gasteiger partial charge in [-0.2, -0.15) is 0 Å². The summed E-state index contributed by atoms with van der Waals surface area (Å²) in [6, 6.07) is 1.56. The van der Waals surface area contributed by atoms with E-state index in [1.54, 1.807) is 0 Å². The quantitative estimate of drug-likeness (QED) is 0.250. The molecule has 12 heteroatoms. The first-order valence-corrected chi connectivity index (χ1v) is 9.01. The summed E-state index contributed by atoms with van der Waals surface area (Å²) in [6.07, 6.45) is 0.724.